The molecule has 7 nitrogen and oxygen atoms in total. The fourth-order valence-corrected chi connectivity index (χ4v) is 4.88. The van der Waals surface area contributed by atoms with E-state index in [-0.39, 0.29) is 35.7 Å². The van der Waals surface area contributed by atoms with Gasteiger partial charge in [-0.05, 0) is 55.2 Å². The van der Waals surface area contributed by atoms with E-state index < -0.39 is 10.0 Å². The lowest BCUT2D eigenvalue weighted by Crippen LogP contribution is -2.33. The Kier molecular flexibility index (Phi) is 6.58. The summed E-state index contributed by atoms with van der Waals surface area (Å²) in [6.45, 7) is 5.44. The molecule has 0 radical (unpaired) electrons. The highest BCUT2D eigenvalue weighted by Crippen LogP contribution is 2.33. The van der Waals surface area contributed by atoms with E-state index in [2.05, 4.69) is 10.0 Å². The van der Waals surface area contributed by atoms with Crippen LogP contribution in [0, 0.1) is 0 Å². The average molecular weight is 430 g/mol. The molecule has 8 heteroatoms. The fraction of sp³-hybridized carbons (Fsp3) is 0.364. The van der Waals surface area contributed by atoms with Crippen LogP contribution in [0.2, 0.25) is 0 Å². The highest BCUT2D eigenvalue weighted by atomic mass is 32.2. The van der Waals surface area contributed by atoms with Gasteiger partial charge in [0.15, 0.2) is 0 Å². The number of sulfonamides is 1. The molecule has 160 valence electrons. The molecule has 3 rings (SSSR count). The number of nitrogens with one attached hydrogen (secondary N) is 2. The van der Waals surface area contributed by atoms with Crippen molar-refractivity contribution < 1.29 is 18.0 Å². The summed E-state index contributed by atoms with van der Waals surface area (Å²) in [5, 5.41) is 2.83. The lowest BCUT2D eigenvalue weighted by Gasteiger charge is -2.20. The first-order chi connectivity index (χ1) is 14.2. The number of carbonyl (C=O) groups excluding carboxylic acids is 2. The Bertz CT molecular complexity index is 1070. The Morgan fingerprint density at radius 1 is 1.17 bits per heavy atom. The summed E-state index contributed by atoms with van der Waals surface area (Å²) in [4.78, 5) is 25.9. The van der Waals surface area contributed by atoms with Crippen LogP contribution >= 0.6 is 0 Å². The fourth-order valence-electron chi connectivity index (χ4n) is 3.80. The van der Waals surface area contributed by atoms with E-state index in [1.165, 1.54) is 13.0 Å². The summed E-state index contributed by atoms with van der Waals surface area (Å²) in [6.07, 6.45) is 1.43. The van der Waals surface area contributed by atoms with Gasteiger partial charge < -0.3 is 10.2 Å². The van der Waals surface area contributed by atoms with Gasteiger partial charge in [0.25, 0.3) is 0 Å². The molecule has 0 bridgehead atoms. The summed E-state index contributed by atoms with van der Waals surface area (Å²) < 4.78 is 27.8. The van der Waals surface area contributed by atoms with Gasteiger partial charge in [0.05, 0.1) is 4.90 Å². The summed E-state index contributed by atoms with van der Waals surface area (Å²) in [7, 11) is -3.75. The van der Waals surface area contributed by atoms with Crippen molar-refractivity contribution in [2.45, 2.75) is 51.0 Å². The number of benzene rings is 2. The van der Waals surface area contributed by atoms with Crippen LogP contribution in [-0.4, -0.2) is 32.8 Å². The molecule has 2 aromatic rings. The van der Waals surface area contributed by atoms with Crippen LogP contribution in [0.15, 0.2) is 47.4 Å². The Labute approximate surface area is 177 Å². The molecule has 0 saturated carbocycles. The number of anilines is 2. The minimum absolute atomic E-state index is 0.00175. The molecule has 0 fully saturated rings. The smallest absolute Gasteiger partial charge is 0.240 e. The van der Waals surface area contributed by atoms with E-state index in [4.69, 9.17) is 0 Å². The Morgan fingerprint density at radius 3 is 2.60 bits per heavy atom. The molecule has 1 aliphatic heterocycles. The number of carbonyl (C=O) groups is 2. The van der Waals surface area contributed by atoms with Gasteiger partial charge in [0.1, 0.15) is 0 Å². The monoisotopic (exact) mass is 429 g/mol. The first-order valence-corrected chi connectivity index (χ1v) is 11.5. The van der Waals surface area contributed by atoms with E-state index in [0.717, 1.165) is 28.9 Å². The van der Waals surface area contributed by atoms with E-state index >= 15 is 0 Å². The average Bonchev–Trinajstić information content (AvgIpc) is 3.03. The van der Waals surface area contributed by atoms with E-state index in [1.807, 2.05) is 38.1 Å². The molecule has 0 saturated heterocycles. The Hall–Kier alpha value is -2.71. The third kappa shape index (κ3) is 4.71. The minimum Gasteiger partial charge on any atom is -0.326 e. The van der Waals surface area contributed by atoms with Gasteiger partial charge in [-0.3, -0.25) is 9.59 Å². The van der Waals surface area contributed by atoms with Gasteiger partial charge in [0, 0.05) is 37.3 Å². The van der Waals surface area contributed by atoms with Crippen molar-refractivity contribution in [3.63, 3.8) is 0 Å². The highest BCUT2D eigenvalue weighted by Gasteiger charge is 2.30. The van der Waals surface area contributed by atoms with Crippen molar-refractivity contribution in [2.24, 2.45) is 0 Å². The first kappa shape index (κ1) is 22.0. The van der Waals surface area contributed by atoms with Crippen molar-refractivity contribution in [1.82, 2.24) is 4.72 Å². The normalized spacial score (nSPS) is 15.7. The van der Waals surface area contributed by atoms with Crippen molar-refractivity contribution >= 4 is 33.2 Å². The van der Waals surface area contributed by atoms with Crippen LogP contribution in [-0.2, 0) is 32.5 Å². The van der Waals surface area contributed by atoms with Crippen molar-refractivity contribution in [2.75, 3.05) is 16.8 Å². The number of hydrogen-bond donors (Lipinski definition) is 2. The molecular weight excluding hydrogens is 402 g/mol. The molecule has 0 aliphatic carbocycles. The van der Waals surface area contributed by atoms with Gasteiger partial charge in [-0.1, -0.05) is 25.1 Å². The number of nitrogens with zero attached hydrogens (tertiary/aromatic N) is 1. The lowest BCUT2D eigenvalue weighted by molar-refractivity contribution is -0.117. The second-order valence-corrected chi connectivity index (χ2v) is 9.21. The molecule has 1 heterocycles. The first-order valence-electron chi connectivity index (χ1n) is 10.0. The van der Waals surface area contributed by atoms with Gasteiger partial charge in [-0.25, -0.2) is 13.1 Å². The minimum atomic E-state index is -3.75. The standard InChI is InChI=1S/C22H27N3O4S/c1-4-17-7-5-6-8-20(17)24-22(27)11-12-23-30(28,29)19-9-10-21-18(14-19)13-15(2)25(21)16(3)26/h5-10,14-15,23H,4,11-13H2,1-3H3,(H,24,27)/t15-/m0/s1. The van der Waals surface area contributed by atoms with E-state index in [9.17, 15) is 18.0 Å². The molecule has 2 aromatic carbocycles. The van der Waals surface area contributed by atoms with Crippen LogP contribution in [0.25, 0.3) is 0 Å². The van der Waals surface area contributed by atoms with Crippen LogP contribution in [0.5, 0.6) is 0 Å². The Morgan fingerprint density at radius 2 is 1.90 bits per heavy atom. The van der Waals surface area contributed by atoms with Gasteiger partial charge in [0.2, 0.25) is 21.8 Å². The number of fused-ring (bicyclic) bond motifs is 1. The number of amides is 2. The molecule has 0 spiro atoms. The number of para-hydroxylation sites is 1. The molecular formula is C22H27N3O4S. The van der Waals surface area contributed by atoms with Crippen LogP contribution in [0.3, 0.4) is 0 Å². The van der Waals surface area contributed by atoms with Crippen molar-refractivity contribution in [3.8, 4) is 0 Å². The summed E-state index contributed by atoms with van der Waals surface area (Å²) in [5.74, 6) is -0.316. The van der Waals surface area contributed by atoms with Crippen molar-refractivity contribution in [1.29, 1.82) is 0 Å². The summed E-state index contributed by atoms with van der Waals surface area (Å²) in [6, 6.07) is 12.3. The second kappa shape index (κ2) is 8.97. The molecule has 2 N–H and O–H groups in total. The third-order valence-electron chi connectivity index (χ3n) is 5.23. The predicted octanol–water partition coefficient (Wildman–Crippen LogP) is 2.85. The third-order valence-corrected chi connectivity index (χ3v) is 6.69. The molecule has 0 aromatic heterocycles. The van der Waals surface area contributed by atoms with Gasteiger partial charge in [-0.2, -0.15) is 0 Å². The van der Waals surface area contributed by atoms with Gasteiger partial charge in [-0.15, -0.1) is 0 Å². The molecule has 0 unspecified atom stereocenters. The number of aryl methyl sites for hydroxylation is 1. The molecule has 30 heavy (non-hydrogen) atoms. The maximum atomic E-state index is 12.6. The molecule has 1 aliphatic rings. The predicted molar refractivity (Wildman–Crippen MR) is 117 cm³/mol. The number of hydrogen-bond acceptors (Lipinski definition) is 4. The summed E-state index contributed by atoms with van der Waals surface area (Å²) in [5.41, 5.74) is 3.35. The molecule has 1 atom stereocenters. The zero-order chi connectivity index (χ0) is 21.9. The highest BCUT2D eigenvalue weighted by molar-refractivity contribution is 7.89. The summed E-state index contributed by atoms with van der Waals surface area (Å²) >= 11 is 0. The molecule has 2 amide bonds. The largest absolute Gasteiger partial charge is 0.326 e. The van der Waals surface area contributed by atoms with Crippen LogP contribution in [0.4, 0.5) is 11.4 Å². The maximum Gasteiger partial charge on any atom is 0.240 e. The number of rotatable bonds is 7. The van der Waals surface area contributed by atoms with E-state index in [1.54, 1.807) is 17.0 Å². The maximum absolute atomic E-state index is 12.6. The topological polar surface area (TPSA) is 95.6 Å². The zero-order valence-electron chi connectivity index (χ0n) is 17.4. The van der Waals surface area contributed by atoms with Crippen LogP contribution < -0.4 is 14.9 Å². The zero-order valence-corrected chi connectivity index (χ0v) is 18.3. The lowest BCUT2D eigenvalue weighted by atomic mass is 10.1. The van der Waals surface area contributed by atoms with E-state index in [0.29, 0.717) is 6.42 Å². The second-order valence-electron chi connectivity index (χ2n) is 7.44. The van der Waals surface area contributed by atoms with Crippen LogP contribution in [0.1, 0.15) is 38.3 Å². The Balaban J connectivity index is 1.62. The van der Waals surface area contributed by atoms with Gasteiger partial charge >= 0.3 is 0 Å². The quantitative estimate of drug-likeness (QED) is 0.707. The van der Waals surface area contributed by atoms with Crippen molar-refractivity contribution in [3.05, 3.63) is 53.6 Å². The SMILES string of the molecule is CCc1ccccc1NC(=O)CCNS(=O)(=O)c1ccc2c(c1)C[C@H](C)N2C(C)=O.